The molecule has 0 aliphatic heterocycles. The molecule has 0 bridgehead atoms. The van der Waals surface area contributed by atoms with Crippen molar-refractivity contribution in [2.24, 2.45) is 0 Å². The summed E-state index contributed by atoms with van der Waals surface area (Å²) in [6, 6.07) is 23.6. The molecule has 3 aromatic carbocycles. The van der Waals surface area contributed by atoms with Crippen LogP contribution in [0.25, 0.3) is 11.1 Å². The van der Waals surface area contributed by atoms with Crippen molar-refractivity contribution in [1.82, 2.24) is 9.88 Å². The van der Waals surface area contributed by atoms with Crippen molar-refractivity contribution in [2.75, 3.05) is 6.61 Å². The molecule has 0 saturated heterocycles. The fourth-order valence-corrected chi connectivity index (χ4v) is 4.59. The molecule has 0 aliphatic rings. The summed E-state index contributed by atoms with van der Waals surface area (Å²) >= 11 is 12.2. The average molecular weight is 535 g/mol. The maximum absolute atomic E-state index is 13.9. The third kappa shape index (κ3) is 6.62. The maximum atomic E-state index is 13.9. The Morgan fingerprint density at radius 1 is 0.892 bits per heavy atom. The van der Waals surface area contributed by atoms with Crippen LogP contribution < -0.4 is 5.32 Å². The second-order valence-corrected chi connectivity index (χ2v) is 9.64. The van der Waals surface area contributed by atoms with Crippen LogP contribution >= 0.6 is 23.2 Å². The first-order chi connectivity index (χ1) is 17.9. The van der Waals surface area contributed by atoms with E-state index >= 15 is 0 Å². The van der Waals surface area contributed by atoms with Gasteiger partial charge in [-0.3, -0.25) is 4.79 Å². The number of benzene rings is 3. The lowest BCUT2D eigenvalue weighted by atomic mass is 10.0. The summed E-state index contributed by atoms with van der Waals surface area (Å²) in [4.78, 5) is 26.8. The Morgan fingerprint density at radius 2 is 1.51 bits per heavy atom. The van der Waals surface area contributed by atoms with Crippen molar-refractivity contribution in [2.45, 2.75) is 32.9 Å². The highest BCUT2D eigenvalue weighted by molar-refractivity contribution is 6.30. The fraction of sp³-hybridized carbons (Fsp3) is 0.200. The van der Waals surface area contributed by atoms with Crippen LogP contribution in [0.15, 0.2) is 85.1 Å². The van der Waals surface area contributed by atoms with Crippen molar-refractivity contribution in [3.05, 3.63) is 117 Å². The lowest BCUT2D eigenvalue weighted by Gasteiger charge is -2.19. The highest BCUT2D eigenvalue weighted by atomic mass is 35.5. The zero-order valence-electron chi connectivity index (χ0n) is 20.7. The van der Waals surface area contributed by atoms with Crippen LogP contribution in [0.4, 0.5) is 0 Å². The molecule has 0 saturated carbocycles. The topological polar surface area (TPSA) is 60.3 Å². The Hall–Kier alpha value is -3.54. The second-order valence-electron chi connectivity index (χ2n) is 8.76. The van der Waals surface area contributed by atoms with E-state index in [1.165, 1.54) is 0 Å². The lowest BCUT2D eigenvalue weighted by molar-refractivity contribution is -0.145. The number of halogens is 2. The number of aromatic nitrogens is 1. The quantitative estimate of drug-likeness (QED) is 0.242. The minimum Gasteiger partial charge on any atom is -0.464 e. The SMILES string of the molecule is CCOC(=O)C(Cc1ccc(Cl)cc1)NC(=O)c1c(-c2ccc(Cl)cc2)c(C)cn1Cc1ccccc1. The number of hydrogen-bond donors (Lipinski definition) is 1. The van der Waals surface area contributed by atoms with E-state index in [1.54, 1.807) is 31.2 Å². The number of nitrogens with zero attached hydrogens (tertiary/aromatic N) is 1. The van der Waals surface area contributed by atoms with E-state index in [1.807, 2.05) is 72.3 Å². The molecule has 1 heterocycles. The molecule has 37 heavy (non-hydrogen) atoms. The highest BCUT2D eigenvalue weighted by Crippen LogP contribution is 2.31. The number of aryl methyl sites for hydroxylation is 1. The van der Waals surface area contributed by atoms with Crippen LogP contribution in [0.1, 0.15) is 34.1 Å². The molecule has 190 valence electrons. The van der Waals surface area contributed by atoms with Crippen molar-refractivity contribution in [3.8, 4) is 11.1 Å². The van der Waals surface area contributed by atoms with E-state index in [0.29, 0.717) is 22.3 Å². The zero-order valence-corrected chi connectivity index (χ0v) is 22.2. The van der Waals surface area contributed by atoms with Crippen molar-refractivity contribution in [1.29, 1.82) is 0 Å². The summed E-state index contributed by atoms with van der Waals surface area (Å²) in [7, 11) is 0. The van der Waals surface area contributed by atoms with Gasteiger partial charge in [0.05, 0.1) is 6.61 Å². The number of hydrogen-bond acceptors (Lipinski definition) is 3. The molecule has 0 fully saturated rings. The standard InChI is InChI=1S/C30H28Cl2N2O3/c1-3-37-30(36)26(17-21-9-13-24(31)14-10-21)33-29(35)28-27(23-11-15-25(32)16-12-23)20(2)18-34(28)19-22-7-5-4-6-8-22/h4-16,18,26H,3,17,19H2,1-2H3,(H,33,35). The van der Waals surface area contributed by atoms with Gasteiger partial charge in [-0.2, -0.15) is 0 Å². The van der Waals surface area contributed by atoms with E-state index in [2.05, 4.69) is 5.32 Å². The minimum absolute atomic E-state index is 0.214. The summed E-state index contributed by atoms with van der Waals surface area (Å²) in [6.45, 7) is 4.43. The normalized spacial score (nSPS) is 11.7. The number of ether oxygens (including phenoxy) is 1. The van der Waals surface area contributed by atoms with Gasteiger partial charge in [-0.05, 0) is 60.4 Å². The summed E-state index contributed by atoms with van der Waals surface area (Å²) in [5, 5.41) is 4.16. The predicted molar refractivity (Wildman–Crippen MR) is 148 cm³/mol. The second kappa shape index (κ2) is 12.1. The van der Waals surface area contributed by atoms with Crippen LogP contribution in [-0.4, -0.2) is 29.1 Å². The van der Waals surface area contributed by atoms with Crippen molar-refractivity contribution >= 4 is 35.1 Å². The number of carbonyl (C=O) groups excluding carboxylic acids is 2. The van der Waals surface area contributed by atoms with Gasteiger partial charge in [-0.25, -0.2) is 4.79 Å². The first-order valence-electron chi connectivity index (χ1n) is 12.1. The van der Waals surface area contributed by atoms with Gasteiger partial charge in [0.2, 0.25) is 0 Å². The van der Waals surface area contributed by atoms with E-state index in [-0.39, 0.29) is 18.9 Å². The molecule has 1 unspecified atom stereocenters. The first kappa shape index (κ1) is 26.5. The van der Waals surface area contributed by atoms with Crippen LogP contribution in [0, 0.1) is 6.92 Å². The summed E-state index contributed by atoms with van der Waals surface area (Å²) in [6.07, 6.45) is 2.24. The molecule has 5 nitrogen and oxygen atoms in total. The Balaban J connectivity index is 1.73. The van der Waals surface area contributed by atoms with Crippen LogP contribution in [0.2, 0.25) is 10.0 Å². The van der Waals surface area contributed by atoms with Crippen LogP contribution in [0.5, 0.6) is 0 Å². The van der Waals surface area contributed by atoms with Crippen LogP contribution in [0.3, 0.4) is 0 Å². The molecule has 0 radical (unpaired) electrons. The van der Waals surface area contributed by atoms with E-state index in [0.717, 1.165) is 27.8 Å². The monoisotopic (exact) mass is 534 g/mol. The molecule has 1 N–H and O–H groups in total. The number of nitrogens with one attached hydrogen (secondary N) is 1. The zero-order chi connectivity index (χ0) is 26.4. The Bertz CT molecular complexity index is 1360. The first-order valence-corrected chi connectivity index (χ1v) is 12.8. The fourth-order valence-electron chi connectivity index (χ4n) is 4.34. The molecule has 4 rings (SSSR count). The Labute approximate surface area is 227 Å². The predicted octanol–water partition coefficient (Wildman–Crippen LogP) is 6.72. The average Bonchev–Trinajstić information content (AvgIpc) is 3.21. The third-order valence-corrected chi connectivity index (χ3v) is 6.55. The summed E-state index contributed by atoms with van der Waals surface area (Å²) < 4.78 is 7.22. The number of esters is 1. The van der Waals surface area contributed by atoms with Gasteiger partial charge in [0.15, 0.2) is 0 Å². The largest absolute Gasteiger partial charge is 0.464 e. The van der Waals surface area contributed by atoms with Gasteiger partial charge in [-0.1, -0.05) is 77.8 Å². The maximum Gasteiger partial charge on any atom is 0.328 e. The molecule has 1 atom stereocenters. The molecule has 1 amide bonds. The van der Waals surface area contributed by atoms with Gasteiger partial charge in [-0.15, -0.1) is 0 Å². The number of rotatable bonds is 9. The van der Waals surface area contributed by atoms with Crippen LogP contribution in [-0.2, 0) is 22.5 Å². The molecule has 4 aromatic rings. The number of amides is 1. The number of carbonyl (C=O) groups is 2. The molecule has 1 aromatic heterocycles. The van der Waals surface area contributed by atoms with Gasteiger partial charge in [0.25, 0.3) is 5.91 Å². The molecular formula is C30H28Cl2N2O3. The van der Waals surface area contributed by atoms with Gasteiger partial charge >= 0.3 is 5.97 Å². The third-order valence-electron chi connectivity index (χ3n) is 6.04. The highest BCUT2D eigenvalue weighted by Gasteiger charge is 2.28. The molecule has 0 spiro atoms. The summed E-state index contributed by atoms with van der Waals surface area (Å²) in [5.41, 5.74) is 4.97. The van der Waals surface area contributed by atoms with E-state index in [9.17, 15) is 9.59 Å². The van der Waals surface area contributed by atoms with E-state index in [4.69, 9.17) is 27.9 Å². The Morgan fingerprint density at radius 3 is 2.14 bits per heavy atom. The smallest absolute Gasteiger partial charge is 0.328 e. The van der Waals surface area contributed by atoms with Crippen molar-refractivity contribution < 1.29 is 14.3 Å². The van der Waals surface area contributed by atoms with Gasteiger partial charge in [0, 0.05) is 34.8 Å². The molecular weight excluding hydrogens is 507 g/mol. The lowest BCUT2D eigenvalue weighted by Crippen LogP contribution is -2.44. The van der Waals surface area contributed by atoms with Crippen molar-refractivity contribution in [3.63, 3.8) is 0 Å². The van der Waals surface area contributed by atoms with Gasteiger partial charge in [0.1, 0.15) is 11.7 Å². The van der Waals surface area contributed by atoms with Gasteiger partial charge < -0.3 is 14.6 Å². The molecule has 0 aliphatic carbocycles. The summed E-state index contributed by atoms with van der Waals surface area (Å²) in [5.74, 6) is -0.849. The molecule has 7 heteroatoms. The van der Waals surface area contributed by atoms with E-state index < -0.39 is 12.0 Å². The Kier molecular flexibility index (Phi) is 8.70. The minimum atomic E-state index is -0.868.